The lowest BCUT2D eigenvalue weighted by Crippen LogP contribution is -2.39. The molecule has 10 heavy (non-hydrogen) atoms. The molecular formula is C6H14N2O2. The second-order valence-electron chi connectivity index (χ2n) is 1.98. The van der Waals surface area contributed by atoms with Crippen molar-refractivity contribution in [1.82, 2.24) is 5.32 Å². The summed E-state index contributed by atoms with van der Waals surface area (Å²) < 4.78 is 4.38. The molecule has 0 heterocycles. The Morgan fingerprint density at radius 3 is 2.70 bits per heavy atom. The third kappa shape index (κ3) is 3.29. The van der Waals surface area contributed by atoms with Gasteiger partial charge < -0.3 is 15.8 Å². The monoisotopic (exact) mass is 146 g/mol. The smallest absolute Gasteiger partial charge is 0.407 e. The van der Waals surface area contributed by atoms with Gasteiger partial charge >= 0.3 is 6.09 Å². The van der Waals surface area contributed by atoms with E-state index in [-0.39, 0.29) is 6.04 Å². The van der Waals surface area contributed by atoms with Gasteiger partial charge in [0.1, 0.15) is 0 Å². The fourth-order valence-electron chi connectivity index (χ4n) is 0.553. The third-order valence-corrected chi connectivity index (χ3v) is 1.28. The summed E-state index contributed by atoms with van der Waals surface area (Å²) in [5.41, 5.74) is 5.32. The number of nitrogens with two attached hydrogens (primary N) is 1. The van der Waals surface area contributed by atoms with E-state index in [1.165, 1.54) is 7.11 Å². The van der Waals surface area contributed by atoms with Crippen LogP contribution in [-0.2, 0) is 4.74 Å². The number of hydrogen-bond donors (Lipinski definition) is 2. The minimum Gasteiger partial charge on any atom is -0.453 e. The van der Waals surface area contributed by atoms with Gasteiger partial charge in [0.05, 0.1) is 7.11 Å². The standard InChI is InChI=1S/C6H14N2O2/c1-3-5(4-7)8-6(9)10-2/h5H,3-4,7H2,1-2H3,(H,8,9). The molecular weight excluding hydrogens is 132 g/mol. The highest BCUT2D eigenvalue weighted by Gasteiger charge is 2.06. The van der Waals surface area contributed by atoms with Crippen LogP contribution < -0.4 is 11.1 Å². The maximum atomic E-state index is 10.6. The van der Waals surface area contributed by atoms with Crippen molar-refractivity contribution in [2.45, 2.75) is 19.4 Å². The molecule has 0 saturated carbocycles. The predicted molar refractivity (Wildman–Crippen MR) is 38.7 cm³/mol. The normalized spacial score (nSPS) is 12.3. The number of hydrogen-bond acceptors (Lipinski definition) is 3. The van der Waals surface area contributed by atoms with Crippen molar-refractivity contribution < 1.29 is 9.53 Å². The number of nitrogens with one attached hydrogen (secondary N) is 1. The van der Waals surface area contributed by atoms with Gasteiger partial charge in [0.25, 0.3) is 0 Å². The number of carbonyl (C=O) groups excluding carboxylic acids is 1. The first-order valence-electron chi connectivity index (χ1n) is 3.29. The lowest BCUT2D eigenvalue weighted by molar-refractivity contribution is 0.166. The first kappa shape index (κ1) is 9.23. The van der Waals surface area contributed by atoms with E-state index in [0.717, 1.165) is 6.42 Å². The SMILES string of the molecule is CCC(CN)NC(=O)OC. The van der Waals surface area contributed by atoms with E-state index in [2.05, 4.69) is 10.1 Å². The second-order valence-corrected chi connectivity index (χ2v) is 1.98. The molecule has 0 fully saturated rings. The van der Waals surface area contributed by atoms with Crippen LogP contribution in [0.1, 0.15) is 13.3 Å². The fourth-order valence-corrected chi connectivity index (χ4v) is 0.553. The third-order valence-electron chi connectivity index (χ3n) is 1.28. The summed E-state index contributed by atoms with van der Waals surface area (Å²) in [6.45, 7) is 2.40. The highest BCUT2D eigenvalue weighted by Crippen LogP contribution is 1.87. The van der Waals surface area contributed by atoms with Gasteiger partial charge in [-0.15, -0.1) is 0 Å². The highest BCUT2D eigenvalue weighted by atomic mass is 16.5. The van der Waals surface area contributed by atoms with E-state index in [9.17, 15) is 4.79 Å². The molecule has 0 aliphatic heterocycles. The summed E-state index contributed by atoms with van der Waals surface area (Å²) in [5.74, 6) is 0. The van der Waals surface area contributed by atoms with E-state index in [1.807, 2.05) is 6.92 Å². The van der Waals surface area contributed by atoms with E-state index in [1.54, 1.807) is 0 Å². The molecule has 0 aromatic heterocycles. The number of methoxy groups -OCH3 is 1. The quantitative estimate of drug-likeness (QED) is 0.592. The maximum Gasteiger partial charge on any atom is 0.407 e. The van der Waals surface area contributed by atoms with Crippen LogP contribution in [0.2, 0.25) is 0 Å². The first-order chi connectivity index (χ1) is 4.74. The average molecular weight is 146 g/mol. The first-order valence-corrected chi connectivity index (χ1v) is 3.29. The van der Waals surface area contributed by atoms with Crippen LogP contribution in [0.4, 0.5) is 4.79 Å². The van der Waals surface area contributed by atoms with Gasteiger partial charge in [-0.05, 0) is 6.42 Å². The van der Waals surface area contributed by atoms with Crippen molar-refractivity contribution in [3.63, 3.8) is 0 Å². The molecule has 0 rings (SSSR count). The zero-order chi connectivity index (χ0) is 7.98. The van der Waals surface area contributed by atoms with E-state index in [4.69, 9.17) is 5.73 Å². The zero-order valence-corrected chi connectivity index (χ0v) is 6.39. The van der Waals surface area contributed by atoms with Crippen LogP contribution >= 0.6 is 0 Å². The Labute approximate surface area is 60.7 Å². The van der Waals surface area contributed by atoms with Gasteiger partial charge in [-0.3, -0.25) is 0 Å². The molecule has 0 aliphatic carbocycles. The summed E-state index contributed by atoms with van der Waals surface area (Å²) in [4.78, 5) is 10.6. The minimum absolute atomic E-state index is 0.0347. The van der Waals surface area contributed by atoms with Crippen LogP contribution in [0.3, 0.4) is 0 Å². The van der Waals surface area contributed by atoms with Gasteiger partial charge in [0.2, 0.25) is 0 Å². The van der Waals surface area contributed by atoms with Crippen molar-refractivity contribution in [2.24, 2.45) is 5.73 Å². The van der Waals surface area contributed by atoms with Crippen LogP contribution in [0, 0.1) is 0 Å². The van der Waals surface area contributed by atoms with Gasteiger partial charge in [-0.25, -0.2) is 4.79 Å². The summed E-state index contributed by atoms with van der Waals surface area (Å²) in [6, 6.07) is 0.0347. The van der Waals surface area contributed by atoms with Crippen molar-refractivity contribution in [3.8, 4) is 0 Å². The van der Waals surface area contributed by atoms with Crippen molar-refractivity contribution in [2.75, 3.05) is 13.7 Å². The molecule has 0 aromatic carbocycles. The molecule has 0 spiro atoms. The number of amides is 1. The number of carbonyl (C=O) groups is 1. The van der Waals surface area contributed by atoms with Crippen LogP contribution in [0.15, 0.2) is 0 Å². The van der Waals surface area contributed by atoms with Crippen molar-refractivity contribution >= 4 is 6.09 Å². The van der Waals surface area contributed by atoms with Crippen LogP contribution in [-0.4, -0.2) is 25.8 Å². The Morgan fingerprint density at radius 2 is 2.40 bits per heavy atom. The molecule has 4 heteroatoms. The van der Waals surface area contributed by atoms with Crippen LogP contribution in [0.5, 0.6) is 0 Å². The lowest BCUT2D eigenvalue weighted by atomic mass is 10.2. The average Bonchev–Trinajstić information content (AvgIpc) is 1.99. The molecule has 0 aromatic rings. The molecule has 3 N–H and O–H groups in total. The lowest BCUT2D eigenvalue weighted by Gasteiger charge is -2.12. The van der Waals surface area contributed by atoms with Crippen molar-refractivity contribution in [1.29, 1.82) is 0 Å². The number of ether oxygens (including phenoxy) is 1. The maximum absolute atomic E-state index is 10.6. The number of alkyl carbamates (subject to hydrolysis) is 1. The fraction of sp³-hybridized carbons (Fsp3) is 0.833. The van der Waals surface area contributed by atoms with Gasteiger partial charge in [-0.1, -0.05) is 6.92 Å². The zero-order valence-electron chi connectivity index (χ0n) is 6.39. The Morgan fingerprint density at radius 1 is 1.80 bits per heavy atom. The van der Waals surface area contributed by atoms with E-state index >= 15 is 0 Å². The highest BCUT2D eigenvalue weighted by molar-refractivity contribution is 5.67. The minimum atomic E-state index is -0.419. The Bertz CT molecular complexity index is 102. The molecule has 4 nitrogen and oxygen atoms in total. The molecule has 1 amide bonds. The summed E-state index contributed by atoms with van der Waals surface area (Å²) >= 11 is 0. The molecule has 1 atom stereocenters. The van der Waals surface area contributed by atoms with E-state index < -0.39 is 6.09 Å². The molecule has 0 radical (unpaired) electrons. The largest absolute Gasteiger partial charge is 0.453 e. The molecule has 0 aliphatic rings. The van der Waals surface area contributed by atoms with E-state index in [0.29, 0.717) is 6.54 Å². The summed E-state index contributed by atoms with van der Waals surface area (Å²) in [6.07, 6.45) is 0.406. The summed E-state index contributed by atoms with van der Waals surface area (Å²) in [5, 5.41) is 2.58. The van der Waals surface area contributed by atoms with Gasteiger partial charge in [0.15, 0.2) is 0 Å². The topological polar surface area (TPSA) is 64.3 Å². The molecule has 0 saturated heterocycles. The molecule has 0 bridgehead atoms. The predicted octanol–water partition coefficient (Wildman–Crippen LogP) is 0.0797. The van der Waals surface area contributed by atoms with Gasteiger partial charge in [0, 0.05) is 12.6 Å². The molecule has 60 valence electrons. The number of rotatable bonds is 3. The summed E-state index contributed by atoms with van der Waals surface area (Å²) in [7, 11) is 1.33. The Kier molecular flexibility index (Phi) is 4.66. The second kappa shape index (κ2) is 5.05. The Balaban J connectivity index is 3.52. The Hall–Kier alpha value is -0.770. The van der Waals surface area contributed by atoms with Crippen LogP contribution in [0.25, 0.3) is 0 Å². The molecule has 1 unspecified atom stereocenters. The van der Waals surface area contributed by atoms with Crippen molar-refractivity contribution in [3.05, 3.63) is 0 Å². The van der Waals surface area contributed by atoms with Gasteiger partial charge in [-0.2, -0.15) is 0 Å².